The molecule has 4 heteroatoms. The van der Waals surface area contributed by atoms with Gasteiger partial charge in [-0.05, 0) is 38.0 Å². The van der Waals surface area contributed by atoms with Gasteiger partial charge in [-0.15, -0.1) is 0 Å². The van der Waals surface area contributed by atoms with Crippen molar-refractivity contribution in [1.29, 1.82) is 0 Å². The molecule has 17 heavy (non-hydrogen) atoms. The molecule has 1 saturated carbocycles. The third-order valence-electron chi connectivity index (χ3n) is 4.03. The van der Waals surface area contributed by atoms with Crippen LogP contribution in [0.2, 0.25) is 0 Å². The number of carbonyl (C=O) groups is 1. The lowest BCUT2D eigenvalue weighted by atomic mass is 9.85. The van der Waals surface area contributed by atoms with Crippen molar-refractivity contribution in [3.63, 3.8) is 0 Å². The minimum absolute atomic E-state index is 0.176. The van der Waals surface area contributed by atoms with Gasteiger partial charge in [0, 0.05) is 25.7 Å². The molecule has 1 aliphatic heterocycles. The first kappa shape index (κ1) is 12.8. The van der Waals surface area contributed by atoms with E-state index in [1.165, 1.54) is 6.42 Å². The SMILES string of the molecule is O=C(NCC[C@@H](O)C1CCOCC1)C1CCC1. The molecule has 98 valence electrons. The average molecular weight is 241 g/mol. The lowest BCUT2D eigenvalue weighted by molar-refractivity contribution is -0.127. The molecule has 0 radical (unpaired) electrons. The van der Waals surface area contributed by atoms with Gasteiger partial charge in [0.15, 0.2) is 0 Å². The van der Waals surface area contributed by atoms with Gasteiger partial charge in [0.2, 0.25) is 5.91 Å². The maximum absolute atomic E-state index is 11.6. The lowest BCUT2D eigenvalue weighted by Gasteiger charge is -2.27. The molecule has 1 saturated heterocycles. The van der Waals surface area contributed by atoms with E-state index in [-0.39, 0.29) is 17.9 Å². The Morgan fingerprint density at radius 1 is 1.29 bits per heavy atom. The molecule has 2 aliphatic rings. The molecule has 0 aromatic carbocycles. The highest BCUT2D eigenvalue weighted by molar-refractivity contribution is 5.79. The number of hydrogen-bond donors (Lipinski definition) is 2. The molecule has 0 unspecified atom stereocenters. The Bertz CT molecular complexity index is 247. The molecule has 0 aromatic heterocycles. The summed E-state index contributed by atoms with van der Waals surface area (Å²) in [5, 5.41) is 12.9. The van der Waals surface area contributed by atoms with Crippen LogP contribution in [-0.2, 0) is 9.53 Å². The zero-order chi connectivity index (χ0) is 12.1. The number of carbonyl (C=O) groups excluding carboxylic acids is 1. The minimum atomic E-state index is -0.291. The Morgan fingerprint density at radius 3 is 2.59 bits per heavy atom. The molecule has 0 spiro atoms. The molecule has 1 aliphatic carbocycles. The van der Waals surface area contributed by atoms with Gasteiger partial charge in [-0.1, -0.05) is 6.42 Å². The van der Waals surface area contributed by atoms with E-state index in [2.05, 4.69) is 5.32 Å². The summed E-state index contributed by atoms with van der Waals surface area (Å²) in [5.41, 5.74) is 0. The summed E-state index contributed by atoms with van der Waals surface area (Å²) in [5.74, 6) is 0.773. The van der Waals surface area contributed by atoms with Crippen molar-refractivity contribution in [2.24, 2.45) is 11.8 Å². The number of aliphatic hydroxyl groups is 1. The van der Waals surface area contributed by atoms with Crippen LogP contribution >= 0.6 is 0 Å². The lowest BCUT2D eigenvalue weighted by Crippen LogP contribution is -2.37. The van der Waals surface area contributed by atoms with E-state index in [9.17, 15) is 9.90 Å². The van der Waals surface area contributed by atoms with E-state index in [1.54, 1.807) is 0 Å². The number of amides is 1. The van der Waals surface area contributed by atoms with Gasteiger partial charge >= 0.3 is 0 Å². The second-order valence-corrected chi connectivity index (χ2v) is 5.22. The third-order valence-corrected chi connectivity index (χ3v) is 4.03. The normalized spacial score (nSPS) is 24.1. The van der Waals surface area contributed by atoms with E-state index < -0.39 is 0 Å². The highest BCUT2D eigenvalue weighted by atomic mass is 16.5. The summed E-state index contributed by atoms with van der Waals surface area (Å²) in [4.78, 5) is 11.6. The van der Waals surface area contributed by atoms with Gasteiger partial charge in [0.1, 0.15) is 0 Å². The van der Waals surface area contributed by atoms with Crippen molar-refractivity contribution >= 4 is 5.91 Å². The molecule has 1 amide bonds. The summed E-state index contributed by atoms with van der Waals surface area (Å²) >= 11 is 0. The van der Waals surface area contributed by atoms with Crippen molar-refractivity contribution in [2.45, 2.75) is 44.6 Å². The number of aliphatic hydroxyl groups excluding tert-OH is 1. The van der Waals surface area contributed by atoms with E-state index in [4.69, 9.17) is 4.74 Å². The molecule has 0 aromatic rings. The van der Waals surface area contributed by atoms with Gasteiger partial charge in [-0.25, -0.2) is 0 Å². The Kier molecular flexibility index (Phi) is 4.80. The molecule has 1 atom stereocenters. The highest BCUT2D eigenvalue weighted by Crippen LogP contribution is 2.26. The van der Waals surface area contributed by atoms with Crippen molar-refractivity contribution in [3.05, 3.63) is 0 Å². The number of ether oxygens (including phenoxy) is 1. The fourth-order valence-electron chi connectivity index (χ4n) is 2.49. The molecule has 2 N–H and O–H groups in total. The first-order valence-electron chi connectivity index (χ1n) is 6.81. The van der Waals surface area contributed by atoms with Gasteiger partial charge < -0.3 is 15.2 Å². The topological polar surface area (TPSA) is 58.6 Å². The van der Waals surface area contributed by atoms with Crippen molar-refractivity contribution in [1.82, 2.24) is 5.32 Å². The maximum atomic E-state index is 11.6. The summed E-state index contributed by atoms with van der Waals surface area (Å²) in [6, 6.07) is 0. The largest absolute Gasteiger partial charge is 0.393 e. The summed E-state index contributed by atoms with van der Waals surface area (Å²) in [6.45, 7) is 2.13. The predicted octanol–water partition coefficient (Wildman–Crippen LogP) is 1.08. The van der Waals surface area contributed by atoms with Crippen molar-refractivity contribution in [2.75, 3.05) is 19.8 Å². The fourth-order valence-corrected chi connectivity index (χ4v) is 2.49. The summed E-state index contributed by atoms with van der Waals surface area (Å²) in [7, 11) is 0. The van der Waals surface area contributed by atoms with Gasteiger partial charge in [0.25, 0.3) is 0 Å². The zero-order valence-corrected chi connectivity index (χ0v) is 10.4. The van der Waals surface area contributed by atoms with Crippen LogP contribution in [0, 0.1) is 11.8 Å². The molecule has 4 nitrogen and oxygen atoms in total. The molecule has 1 heterocycles. The van der Waals surface area contributed by atoms with Crippen LogP contribution in [0.1, 0.15) is 38.5 Å². The second-order valence-electron chi connectivity index (χ2n) is 5.22. The summed E-state index contributed by atoms with van der Waals surface area (Å²) in [6.07, 6.45) is 5.52. The quantitative estimate of drug-likeness (QED) is 0.757. The molecular weight excluding hydrogens is 218 g/mol. The Balaban J connectivity index is 1.58. The molecule has 0 bridgehead atoms. The van der Waals surface area contributed by atoms with Crippen LogP contribution in [0.5, 0.6) is 0 Å². The monoisotopic (exact) mass is 241 g/mol. The van der Waals surface area contributed by atoms with Crippen molar-refractivity contribution in [3.8, 4) is 0 Å². The first-order valence-corrected chi connectivity index (χ1v) is 6.81. The predicted molar refractivity (Wildman–Crippen MR) is 64.5 cm³/mol. The summed E-state index contributed by atoms with van der Waals surface area (Å²) < 4.78 is 5.27. The Labute approximate surface area is 103 Å². The van der Waals surface area contributed by atoms with Gasteiger partial charge in [-0.3, -0.25) is 4.79 Å². The van der Waals surface area contributed by atoms with E-state index >= 15 is 0 Å². The van der Waals surface area contributed by atoms with Crippen LogP contribution in [0.4, 0.5) is 0 Å². The number of nitrogens with one attached hydrogen (secondary N) is 1. The van der Waals surface area contributed by atoms with Crippen LogP contribution in [0.25, 0.3) is 0 Å². The highest BCUT2D eigenvalue weighted by Gasteiger charge is 2.25. The maximum Gasteiger partial charge on any atom is 0.223 e. The molecular formula is C13H23NO3. The number of hydrogen-bond acceptors (Lipinski definition) is 3. The van der Waals surface area contributed by atoms with E-state index in [0.717, 1.165) is 38.9 Å². The minimum Gasteiger partial charge on any atom is -0.393 e. The van der Waals surface area contributed by atoms with Crippen LogP contribution < -0.4 is 5.32 Å². The van der Waals surface area contributed by atoms with Gasteiger partial charge in [-0.2, -0.15) is 0 Å². The standard InChI is InChI=1S/C13H23NO3/c15-12(10-5-8-17-9-6-10)4-7-14-13(16)11-2-1-3-11/h10-12,15H,1-9H2,(H,14,16)/t12-/m1/s1. The van der Waals surface area contributed by atoms with E-state index in [1.807, 2.05) is 0 Å². The first-order chi connectivity index (χ1) is 8.27. The fraction of sp³-hybridized carbons (Fsp3) is 0.923. The van der Waals surface area contributed by atoms with Crippen LogP contribution in [0.15, 0.2) is 0 Å². The van der Waals surface area contributed by atoms with Crippen LogP contribution in [-0.4, -0.2) is 36.9 Å². The average Bonchev–Trinajstić information content (AvgIpc) is 2.27. The number of rotatable bonds is 5. The van der Waals surface area contributed by atoms with Crippen LogP contribution in [0.3, 0.4) is 0 Å². The Hall–Kier alpha value is -0.610. The van der Waals surface area contributed by atoms with Gasteiger partial charge in [0.05, 0.1) is 6.10 Å². The molecule has 2 rings (SSSR count). The van der Waals surface area contributed by atoms with Crippen molar-refractivity contribution < 1.29 is 14.6 Å². The second kappa shape index (κ2) is 6.36. The third kappa shape index (κ3) is 3.68. The Morgan fingerprint density at radius 2 is 2.00 bits per heavy atom. The van der Waals surface area contributed by atoms with E-state index in [0.29, 0.717) is 18.9 Å². The zero-order valence-electron chi connectivity index (χ0n) is 10.4. The molecule has 2 fully saturated rings. The smallest absolute Gasteiger partial charge is 0.223 e.